The Hall–Kier alpha value is -0.940. The summed E-state index contributed by atoms with van der Waals surface area (Å²) in [5.41, 5.74) is -0.560. The summed E-state index contributed by atoms with van der Waals surface area (Å²) in [6, 6.07) is 4.30. The van der Waals surface area contributed by atoms with Crippen molar-refractivity contribution in [3.8, 4) is 0 Å². The lowest BCUT2D eigenvalue weighted by Gasteiger charge is -2.31. The first kappa shape index (κ1) is 16.1. The molecule has 1 fully saturated rings. The Morgan fingerprint density at radius 1 is 1.16 bits per heavy atom. The van der Waals surface area contributed by atoms with E-state index >= 15 is 0 Å². The number of nitrogens with one attached hydrogen (secondary N) is 1. The molecule has 6 heteroatoms. The summed E-state index contributed by atoms with van der Waals surface area (Å²) in [7, 11) is 0. The van der Waals surface area contributed by atoms with Gasteiger partial charge in [-0.25, -0.2) is 0 Å². The van der Waals surface area contributed by atoms with Crippen molar-refractivity contribution < 1.29 is 13.2 Å². The van der Waals surface area contributed by atoms with Crippen LogP contribution >= 0.6 is 11.6 Å². The number of alkyl halides is 3. The van der Waals surface area contributed by atoms with E-state index in [-0.39, 0.29) is 10.7 Å². The molecule has 0 amide bonds. The van der Waals surface area contributed by atoms with Gasteiger partial charge in [-0.15, -0.1) is 0 Å². The topological polar surface area (TPSA) is 15.3 Å². The van der Waals surface area contributed by atoms with Crippen molar-refractivity contribution in [2.24, 2.45) is 0 Å². The number of piperazine rings is 1. The van der Waals surface area contributed by atoms with Gasteiger partial charge in [0.1, 0.15) is 0 Å². The fourth-order valence-corrected chi connectivity index (χ4v) is 2.24. The van der Waals surface area contributed by atoms with Gasteiger partial charge >= 0.3 is 6.18 Å². The van der Waals surface area contributed by atoms with E-state index in [4.69, 9.17) is 11.6 Å². The van der Waals surface area contributed by atoms with Crippen LogP contribution in [0.3, 0.4) is 0 Å². The second-order valence-electron chi connectivity index (χ2n) is 3.87. The highest BCUT2D eigenvalue weighted by molar-refractivity contribution is 6.31. The molecule has 1 aromatic rings. The lowest BCUT2D eigenvalue weighted by Crippen LogP contribution is -2.44. The van der Waals surface area contributed by atoms with E-state index in [1.165, 1.54) is 12.1 Å². The van der Waals surface area contributed by atoms with Crippen molar-refractivity contribution in [2.75, 3.05) is 31.1 Å². The molecule has 0 aliphatic carbocycles. The monoisotopic (exact) mass is 294 g/mol. The van der Waals surface area contributed by atoms with Gasteiger partial charge in [0, 0.05) is 26.2 Å². The third-order valence-corrected chi connectivity index (χ3v) is 3.05. The van der Waals surface area contributed by atoms with Crippen molar-refractivity contribution >= 4 is 17.3 Å². The highest BCUT2D eigenvalue weighted by atomic mass is 35.5. The molecular formula is C13H18ClF3N2. The fraction of sp³-hybridized carbons (Fsp3) is 0.538. The summed E-state index contributed by atoms with van der Waals surface area (Å²) in [6.45, 7) is 6.49. The zero-order chi connectivity index (χ0) is 14.5. The highest BCUT2D eigenvalue weighted by Gasteiger charge is 2.37. The molecule has 0 aromatic heterocycles. The van der Waals surface area contributed by atoms with Crippen molar-refractivity contribution in [1.82, 2.24) is 5.32 Å². The zero-order valence-corrected chi connectivity index (χ0v) is 11.8. The molecule has 1 aliphatic rings. The number of benzene rings is 1. The van der Waals surface area contributed by atoms with Gasteiger partial charge in [-0.2, -0.15) is 13.2 Å². The van der Waals surface area contributed by atoms with E-state index < -0.39 is 11.7 Å². The molecule has 2 rings (SSSR count). The maximum absolute atomic E-state index is 12.9. The Morgan fingerprint density at radius 2 is 1.74 bits per heavy atom. The maximum Gasteiger partial charge on any atom is 0.419 e. The van der Waals surface area contributed by atoms with Gasteiger partial charge in [-0.3, -0.25) is 0 Å². The first-order valence-corrected chi connectivity index (χ1v) is 6.69. The van der Waals surface area contributed by atoms with Gasteiger partial charge in [0.05, 0.1) is 16.3 Å². The summed E-state index contributed by atoms with van der Waals surface area (Å²) in [6.07, 6.45) is -4.42. The van der Waals surface area contributed by atoms with Gasteiger partial charge in [0.25, 0.3) is 0 Å². The van der Waals surface area contributed by atoms with E-state index in [0.29, 0.717) is 26.2 Å². The van der Waals surface area contributed by atoms with Crippen molar-refractivity contribution in [3.63, 3.8) is 0 Å². The first-order valence-electron chi connectivity index (χ1n) is 6.31. The minimum Gasteiger partial charge on any atom is -0.368 e. The Bertz CT molecular complexity index is 401. The molecule has 0 radical (unpaired) electrons. The van der Waals surface area contributed by atoms with Gasteiger partial charge in [0.15, 0.2) is 0 Å². The Morgan fingerprint density at radius 3 is 2.26 bits per heavy atom. The lowest BCUT2D eigenvalue weighted by molar-refractivity contribution is -0.137. The van der Waals surface area contributed by atoms with E-state index in [9.17, 15) is 13.2 Å². The van der Waals surface area contributed by atoms with Crippen molar-refractivity contribution in [2.45, 2.75) is 20.0 Å². The molecule has 0 bridgehead atoms. The number of hydrogen-bond donors (Lipinski definition) is 1. The molecule has 0 atom stereocenters. The third-order valence-electron chi connectivity index (χ3n) is 2.73. The van der Waals surface area contributed by atoms with Crippen LogP contribution in [0.2, 0.25) is 5.02 Å². The van der Waals surface area contributed by atoms with Gasteiger partial charge in [0.2, 0.25) is 0 Å². The number of halogens is 4. The average Bonchev–Trinajstić information content (AvgIpc) is 2.40. The highest BCUT2D eigenvalue weighted by Crippen LogP contribution is 2.41. The molecule has 2 nitrogen and oxygen atoms in total. The first-order chi connectivity index (χ1) is 9.00. The van der Waals surface area contributed by atoms with Crippen molar-refractivity contribution in [3.05, 3.63) is 28.8 Å². The zero-order valence-electron chi connectivity index (χ0n) is 11.0. The fourth-order valence-electron chi connectivity index (χ4n) is 1.96. The van der Waals surface area contributed by atoms with Crippen LogP contribution in [0.1, 0.15) is 19.4 Å². The smallest absolute Gasteiger partial charge is 0.368 e. The standard InChI is InChI=1S/C11H12ClF3N2.C2H6/c12-8-2-1-3-9(10(8)11(13,14)15)17-6-4-16-5-7-17;1-2/h1-3,16H,4-7H2;1-2H3. The van der Waals surface area contributed by atoms with Crippen LogP contribution in [0.4, 0.5) is 18.9 Å². The lowest BCUT2D eigenvalue weighted by atomic mass is 10.1. The molecule has 1 aromatic carbocycles. The summed E-state index contributed by atoms with van der Waals surface area (Å²) >= 11 is 5.67. The van der Waals surface area contributed by atoms with Crippen LogP contribution in [0, 0.1) is 0 Å². The third kappa shape index (κ3) is 4.01. The minimum atomic E-state index is -4.42. The molecule has 1 saturated heterocycles. The Balaban J connectivity index is 0.000000861. The summed E-state index contributed by atoms with van der Waals surface area (Å²) < 4.78 is 38.8. The predicted molar refractivity (Wildman–Crippen MR) is 72.9 cm³/mol. The van der Waals surface area contributed by atoms with Crippen LogP contribution < -0.4 is 10.2 Å². The number of rotatable bonds is 1. The second-order valence-corrected chi connectivity index (χ2v) is 4.28. The van der Waals surface area contributed by atoms with Crippen molar-refractivity contribution in [1.29, 1.82) is 0 Å². The van der Waals surface area contributed by atoms with Crippen LogP contribution in [-0.4, -0.2) is 26.2 Å². The second kappa shape index (κ2) is 7.01. The summed E-state index contributed by atoms with van der Waals surface area (Å²) in [5.74, 6) is 0. The van der Waals surface area contributed by atoms with E-state index in [2.05, 4.69) is 5.32 Å². The van der Waals surface area contributed by atoms with Gasteiger partial charge in [-0.05, 0) is 12.1 Å². The molecule has 0 spiro atoms. The number of nitrogens with zero attached hydrogens (tertiary/aromatic N) is 1. The molecule has 0 saturated carbocycles. The van der Waals surface area contributed by atoms with Crippen LogP contribution in [0.5, 0.6) is 0 Å². The van der Waals surface area contributed by atoms with Gasteiger partial charge < -0.3 is 10.2 Å². The molecular weight excluding hydrogens is 277 g/mol. The summed E-state index contributed by atoms with van der Waals surface area (Å²) in [4.78, 5) is 1.71. The maximum atomic E-state index is 12.9. The molecule has 1 heterocycles. The molecule has 108 valence electrons. The van der Waals surface area contributed by atoms with Crippen LogP contribution in [0.25, 0.3) is 0 Å². The molecule has 1 aliphatic heterocycles. The summed E-state index contributed by atoms with van der Waals surface area (Å²) in [5, 5.41) is 2.86. The number of hydrogen-bond acceptors (Lipinski definition) is 2. The van der Waals surface area contributed by atoms with Gasteiger partial charge in [-0.1, -0.05) is 31.5 Å². The Kier molecular flexibility index (Phi) is 5.94. The molecule has 1 N–H and O–H groups in total. The Labute approximate surface area is 116 Å². The SMILES string of the molecule is CC.FC(F)(F)c1c(Cl)cccc1N1CCNCC1. The minimum absolute atomic E-state index is 0.173. The number of anilines is 1. The normalized spacial score (nSPS) is 15.8. The molecule has 19 heavy (non-hydrogen) atoms. The quantitative estimate of drug-likeness (QED) is 0.847. The predicted octanol–water partition coefficient (Wildman–Crippen LogP) is 3.79. The van der Waals surface area contributed by atoms with Crippen LogP contribution in [0.15, 0.2) is 18.2 Å². The van der Waals surface area contributed by atoms with E-state index in [0.717, 1.165) is 0 Å². The average molecular weight is 295 g/mol. The van der Waals surface area contributed by atoms with E-state index in [1.54, 1.807) is 11.0 Å². The molecule has 0 unspecified atom stereocenters. The van der Waals surface area contributed by atoms with Crippen LogP contribution in [-0.2, 0) is 6.18 Å². The largest absolute Gasteiger partial charge is 0.419 e. The van der Waals surface area contributed by atoms with E-state index in [1.807, 2.05) is 13.8 Å².